The summed E-state index contributed by atoms with van der Waals surface area (Å²) in [6.45, 7) is 8.23. The summed E-state index contributed by atoms with van der Waals surface area (Å²) in [5.74, 6) is 1.86. The molecule has 0 fully saturated rings. The van der Waals surface area contributed by atoms with Crippen molar-refractivity contribution in [2.45, 2.75) is 111 Å². The maximum atomic E-state index is 3.45. The summed E-state index contributed by atoms with van der Waals surface area (Å²) in [5, 5.41) is 3.45. The molecule has 0 aliphatic heterocycles. The molecule has 0 aliphatic carbocycles. The molecule has 1 nitrogen and oxygen atoms in total. The van der Waals surface area contributed by atoms with Crippen LogP contribution in [0.15, 0.2) is 0 Å². The quantitative estimate of drug-likeness (QED) is 0.286. The molecule has 0 radical (unpaired) electrons. The predicted molar refractivity (Wildman–Crippen MR) is 103 cm³/mol. The van der Waals surface area contributed by atoms with Gasteiger partial charge in [0, 0.05) is 0 Å². The van der Waals surface area contributed by atoms with Crippen molar-refractivity contribution in [3.8, 4) is 0 Å². The molecule has 1 N–H and O–H groups in total. The van der Waals surface area contributed by atoms with Gasteiger partial charge in [-0.2, -0.15) is 0 Å². The zero-order valence-corrected chi connectivity index (χ0v) is 16.3. The Morgan fingerprint density at radius 1 is 0.591 bits per heavy atom. The molecular weight excluding hydrogens is 266 g/mol. The van der Waals surface area contributed by atoms with E-state index in [1.54, 1.807) is 0 Å². The summed E-state index contributed by atoms with van der Waals surface area (Å²) in [7, 11) is 2.12. The normalized spacial score (nSPS) is 14.2. The molecule has 0 amide bonds. The van der Waals surface area contributed by atoms with E-state index in [0.717, 1.165) is 11.8 Å². The molecule has 0 aromatic heterocycles. The Hall–Kier alpha value is -0.0400. The van der Waals surface area contributed by atoms with E-state index in [9.17, 15) is 0 Å². The first-order valence-corrected chi connectivity index (χ1v) is 10.4. The highest BCUT2D eigenvalue weighted by atomic mass is 14.8. The summed E-state index contributed by atoms with van der Waals surface area (Å²) < 4.78 is 0. The summed E-state index contributed by atoms with van der Waals surface area (Å²) in [6, 6.07) is 0. The van der Waals surface area contributed by atoms with Gasteiger partial charge < -0.3 is 5.32 Å². The molecule has 0 bridgehead atoms. The van der Waals surface area contributed by atoms with E-state index in [0.29, 0.717) is 0 Å². The lowest BCUT2D eigenvalue weighted by molar-refractivity contribution is 0.266. The minimum absolute atomic E-state index is 0.909. The Balaban J connectivity index is 3.81. The number of hydrogen-bond donors (Lipinski definition) is 1. The van der Waals surface area contributed by atoms with Crippen molar-refractivity contribution in [2.24, 2.45) is 11.8 Å². The van der Waals surface area contributed by atoms with Crippen molar-refractivity contribution in [2.75, 3.05) is 13.6 Å². The van der Waals surface area contributed by atoms with E-state index in [-0.39, 0.29) is 0 Å². The third-order valence-corrected chi connectivity index (χ3v) is 5.26. The maximum absolute atomic E-state index is 3.45. The van der Waals surface area contributed by atoms with Gasteiger partial charge in [-0.05, 0) is 31.8 Å². The lowest BCUT2D eigenvalue weighted by atomic mass is 9.82. The number of unbranched alkanes of at least 4 members (excludes halogenated alkanes) is 9. The molecule has 0 aromatic carbocycles. The van der Waals surface area contributed by atoms with Crippen LogP contribution in [0, 0.1) is 11.8 Å². The Morgan fingerprint density at radius 3 is 1.59 bits per heavy atom. The van der Waals surface area contributed by atoms with Crippen LogP contribution in [0.25, 0.3) is 0 Å². The molecule has 2 unspecified atom stereocenters. The van der Waals surface area contributed by atoms with Crippen molar-refractivity contribution in [1.82, 2.24) is 5.32 Å². The minimum atomic E-state index is 0.909. The number of hydrogen-bond acceptors (Lipinski definition) is 1. The SMILES string of the molecule is CCCCCCCCCCC(CNC)C(CC)CCCCC. The van der Waals surface area contributed by atoms with Gasteiger partial charge in [0.05, 0.1) is 0 Å². The van der Waals surface area contributed by atoms with Crippen LogP contribution < -0.4 is 5.32 Å². The van der Waals surface area contributed by atoms with E-state index in [4.69, 9.17) is 0 Å². The standard InChI is InChI=1S/C21H45N/c1-5-8-10-11-12-13-14-16-18-21(19-22-4)20(7-3)17-15-9-6-2/h20-22H,5-19H2,1-4H3. The largest absolute Gasteiger partial charge is 0.319 e. The molecule has 22 heavy (non-hydrogen) atoms. The number of nitrogens with one attached hydrogen (secondary N) is 1. The van der Waals surface area contributed by atoms with Crippen LogP contribution in [-0.2, 0) is 0 Å². The first-order valence-electron chi connectivity index (χ1n) is 10.4. The highest BCUT2D eigenvalue weighted by Gasteiger charge is 2.18. The second kappa shape index (κ2) is 17.3. The highest BCUT2D eigenvalue weighted by Crippen LogP contribution is 2.27. The summed E-state index contributed by atoms with van der Waals surface area (Å²) >= 11 is 0. The zero-order valence-electron chi connectivity index (χ0n) is 16.3. The van der Waals surface area contributed by atoms with E-state index in [2.05, 4.69) is 33.1 Å². The van der Waals surface area contributed by atoms with Crippen molar-refractivity contribution >= 4 is 0 Å². The van der Waals surface area contributed by atoms with Crippen LogP contribution in [0.4, 0.5) is 0 Å². The van der Waals surface area contributed by atoms with Gasteiger partial charge in [0.1, 0.15) is 0 Å². The van der Waals surface area contributed by atoms with Gasteiger partial charge in [0.15, 0.2) is 0 Å². The molecule has 0 saturated heterocycles. The van der Waals surface area contributed by atoms with Crippen LogP contribution in [0.1, 0.15) is 111 Å². The van der Waals surface area contributed by atoms with Gasteiger partial charge >= 0.3 is 0 Å². The van der Waals surface area contributed by atoms with E-state index >= 15 is 0 Å². The molecule has 1 heteroatoms. The predicted octanol–water partition coefficient (Wildman–Crippen LogP) is 6.96. The minimum Gasteiger partial charge on any atom is -0.319 e. The van der Waals surface area contributed by atoms with Crippen LogP contribution in [0.5, 0.6) is 0 Å². The summed E-state index contributed by atoms with van der Waals surface area (Å²) in [5.41, 5.74) is 0. The molecule has 0 rings (SSSR count). The first-order chi connectivity index (χ1) is 10.8. The monoisotopic (exact) mass is 311 g/mol. The smallest absolute Gasteiger partial charge is 0.00209 e. The highest BCUT2D eigenvalue weighted by molar-refractivity contribution is 4.71. The number of rotatable bonds is 17. The fourth-order valence-electron chi connectivity index (χ4n) is 3.74. The average Bonchev–Trinajstić information content (AvgIpc) is 2.53. The van der Waals surface area contributed by atoms with Gasteiger partial charge in [-0.1, -0.05) is 104 Å². The summed E-state index contributed by atoms with van der Waals surface area (Å²) in [4.78, 5) is 0. The molecule has 134 valence electrons. The maximum Gasteiger partial charge on any atom is -0.00209 e. The molecule has 2 atom stereocenters. The molecule has 0 heterocycles. The van der Waals surface area contributed by atoms with Crippen LogP contribution >= 0.6 is 0 Å². The topological polar surface area (TPSA) is 12.0 Å². The Kier molecular flexibility index (Phi) is 17.3. The Labute approximate surface area is 142 Å². The zero-order chi connectivity index (χ0) is 16.5. The van der Waals surface area contributed by atoms with Gasteiger partial charge in [-0.25, -0.2) is 0 Å². The van der Waals surface area contributed by atoms with E-state index in [1.807, 2.05) is 0 Å². The van der Waals surface area contributed by atoms with Gasteiger partial charge in [-0.3, -0.25) is 0 Å². The molecule has 0 aromatic rings. The first kappa shape index (κ1) is 22.0. The van der Waals surface area contributed by atoms with Crippen LogP contribution in [0.3, 0.4) is 0 Å². The third kappa shape index (κ3) is 12.5. The molecule has 0 saturated carbocycles. The van der Waals surface area contributed by atoms with Crippen LogP contribution in [0.2, 0.25) is 0 Å². The Bertz CT molecular complexity index is 202. The molecular formula is C21H45N. The van der Waals surface area contributed by atoms with Gasteiger partial charge in [-0.15, -0.1) is 0 Å². The second-order valence-electron chi connectivity index (χ2n) is 7.25. The van der Waals surface area contributed by atoms with Gasteiger partial charge in [0.2, 0.25) is 0 Å². The van der Waals surface area contributed by atoms with Crippen molar-refractivity contribution in [3.63, 3.8) is 0 Å². The average molecular weight is 312 g/mol. The fourth-order valence-corrected chi connectivity index (χ4v) is 3.74. The van der Waals surface area contributed by atoms with E-state index < -0.39 is 0 Å². The lowest BCUT2D eigenvalue weighted by Gasteiger charge is -2.26. The van der Waals surface area contributed by atoms with Crippen molar-refractivity contribution in [1.29, 1.82) is 0 Å². The summed E-state index contributed by atoms with van der Waals surface area (Å²) in [6.07, 6.45) is 20.0. The Morgan fingerprint density at radius 2 is 1.05 bits per heavy atom. The van der Waals surface area contributed by atoms with Crippen molar-refractivity contribution in [3.05, 3.63) is 0 Å². The van der Waals surface area contributed by atoms with Gasteiger partial charge in [0.25, 0.3) is 0 Å². The van der Waals surface area contributed by atoms with Crippen molar-refractivity contribution < 1.29 is 0 Å². The van der Waals surface area contributed by atoms with E-state index in [1.165, 1.54) is 96.4 Å². The third-order valence-electron chi connectivity index (χ3n) is 5.26. The lowest BCUT2D eigenvalue weighted by Crippen LogP contribution is -2.26. The second-order valence-corrected chi connectivity index (χ2v) is 7.25. The fraction of sp³-hybridized carbons (Fsp3) is 1.00. The van der Waals surface area contributed by atoms with Crippen LogP contribution in [-0.4, -0.2) is 13.6 Å². The molecule has 0 spiro atoms. The molecule has 0 aliphatic rings.